The maximum atomic E-state index is 9.10. The third-order valence-electron chi connectivity index (χ3n) is 1.34. The Labute approximate surface area is 59.5 Å². The van der Waals surface area contributed by atoms with Crippen LogP contribution in [0.3, 0.4) is 0 Å². The summed E-state index contributed by atoms with van der Waals surface area (Å²) in [5.74, 6) is 0. The van der Waals surface area contributed by atoms with Crippen LogP contribution >= 0.6 is 0 Å². The van der Waals surface area contributed by atoms with Gasteiger partial charge in [-0.1, -0.05) is 0 Å². The summed E-state index contributed by atoms with van der Waals surface area (Å²) < 4.78 is 0. The van der Waals surface area contributed by atoms with Crippen LogP contribution in [0.5, 0.6) is 0 Å². The maximum Gasteiger partial charge on any atom is 0.0782 e. The Kier molecular flexibility index (Phi) is 1.87. The summed E-state index contributed by atoms with van der Waals surface area (Å²) in [5, 5.41) is 9.10. The van der Waals surface area contributed by atoms with Gasteiger partial charge in [-0.05, 0) is 13.0 Å². The monoisotopic (exact) mass is 138 g/mol. The van der Waals surface area contributed by atoms with Crippen molar-refractivity contribution >= 4 is 5.69 Å². The van der Waals surface area contributed by atoms with E-state index in [1.807, 2.05) is 0 Å². The predicted octanol–water partition coefficient (Wildman–Crippen LogP) is 0.717. The maximum absolute atomic E-state index is 9.10. The van der Waals surface area contributed by atoms with Crippen molar-refractivity contribution in [1.29, 1.82) is 0 Å². The summed E-state index contributed by atoms with van der Waals surface area (Å²) in [4.78, 5) is 3.79. The first-order chi connectivity index (χ1) is 4.72. The van der Waals surface area contributed by atoms with Gasteiger partial charge in [-0.25, -0.2) is 0 Å². The van der Waals surface area contributed by atoms with E-state index >= 15 is 0 Å². The molecule has 0 fully saturated rings. The van der Waals surface area contributed by atoms with E-state index in [9.17, 15) is 0 Å². The first kappa shape index (κ1) is 7.02. The topological polar surface area (TPSA) is 59.1 Å². The molecule has 1 aromatic rings. The van der Waals surface area contributed by atoms with E-state index in [0.29, 0.717) is 5.69 Å². The highest BCUT2D eigenvalue weighted by Crippen LogP contribution is 2.16. The molecule has 0 saturated carbocycles. The smallest absolute Gasteiger partial charge is 0.0782 e. The fraction of sp³-hybridized carbons (Fsp3) is 0.286. The second-order valence-electron chi connectivity index (χ2n) is 2.18. The minimum absolute atomic E-state index is 0.511. The number of nitrogen functional groups attached to an aromatic ring is 1. The largest absolute Gasteiger partial charge is 0.397 e. The molecule has 1 heterocycles. The van der Waals surface area contributed by atoms with Gasteiger partial charge >= 0.3 is 0 Å². The van der Waals surface area contributed by atoms with Crippen molar-refractivity contribution in [1.82, 2.24) is 4.98 Å². The molecule has 0 radical (unpaired) electrons. The highest BCUT2D eigenvalue weighted by atomic mass is 16.3. The molecule has 1 rings (SSSR count). The van der Waals surface area contributed by atoms with Gasteiger partial charge in [0.15, 0.2) is 0 Å². The molecule has 0 saturated heterocycles. The van der Waals surface area contributed by atoms with Crippen LogP contribution in [0.1, 0.15) is 18.6 Å². The number of aliphatic hydroxyl groups is 1. The van der Waals surface area contributed by atoms with Gasteiger partial charge in [0.05, 0.1) is 18.0 Å². The van der Waals surface area contributed by atoms with Crippen LogP contribution in [-0.4, -0.2) is 10.1 Å². The molecule has 0 aliphatic heterocycles. The molecule has 1 atom stereocenters. The molecule has 1 aromatic heterocycles. The lowest BCUT2D eigenvalue weighted by molar-refractivity contribution is 0.200. The van der Waals surface area contributed by atoms with E-state index in [1.165, 1.54) is 6.20 Å². The average Bonchev–Trinajstić information content (AvgIpc) is 1.88. The molecule has 3 N–H and O–H groups in total. The zero-order chi connectivity index (χ0) is 7.56. The standard InChI is InChI=1S/C7H10N2O/c1-5(10)6-2-3-9-4-7(6)8/h2-5,10H,8H2,1H3/t5-/m0/s1. The van der Waals surface area contributed by atoms with Gasteiger partial charge in [0.2, 0.25) is 0 Å². The number of aromatic nitrogens is 1. The molecule has 3 heteroatoms. The fourth-order valence-electron chi connectivity index (χ4n) is 0.798. The summed E-state index contributed by atoms with van der Waals surface area (Å²) in [5.41, 5.74) is 6.77. The van der Waals surface area contributed by atoms with Crippen molar-refractivity contribution in [2.45, 2.75) is 13.0 Å². The summed E-state index contributed by atoms with van der Waals surface area (Å²) in [6.07, 6.45) is 2.63. The highest BCUT2D eigenvalue weighted by Gasteiger charge is 2.02. The number of pyridine rings is 1. The number of nitrogens with zero attached hydrogens (tertiary/aromatic N) is 1. The SMILES string of the molecule is C[C@H](O)c1ccncc1N. The van der Waals surface area contributed by atoms with Crippen molar-refractivity contribution in [2.24, 2.45) is 0 Å². The Balaban J connectivity index is 3.03. The molecule has 0 aromatic carbocycles. The Morgan fingerprint density at radius 3 is 2.80 bits per heavy atom. The number of rotatable bonds is 1. The van der Waals surface area contributed by atoms with Crippen LogP contribution in [0.25, 0.3) is 0 Å². The molecule has 10 heavy (non-hydrogen) atoms. The minimum atomic E-state index is -0.511. The number of nitrogens with two attached hydrogens (primary N) is 1. The second-order valence-corrected chi connectivity index (χ2v) is 2.18. The molecule has 3 nitrogen and oxygen atoms in total. The minimum Gasteiger partial charge on any atom is -0.397 e. The molecule has 54 valence electrons. The normalized spacial score (nSPS) is 13.0. The molecule has 0 aliphatic rings. The first-order valence-electron chi connectivity index (χ1n) is 3.09. The van der Waals surface area contributed by atoms with E-state index in [2.05, 4.69) is 4.98 Å². The van der Waals surface area contributed by atoms with Gasteiger partial charge in [0, 0.05) is 11.8 Å². The summed E-state index contributed by atoms with van der Waals surface area (Å²) in [6.45, 7) is 1.67. The van der Waals surface area contributed by atoms with Crippen molar-refractivity contribution in [2.75, 3.05) is 5.73 Å². The number of hydrogen-bond acceptors (Lipinski definition) is 3. The molecule has 0 spiro atoms. The molecule has 0 bridgehead atoms. The van der Waals surface area contributed by atoms with Crippen molar-refractivity contribution < 1.29 is 5.11 Å². The van der Waals surface area contributed by atoms with Gasteiger partial charge < -0.3 is 10.8 Å². The lowest BCUT2D eigenvalue weighted by Crippen LogP contribution is -1.98. The van der Waals surface area contributed by atoms with Crippen LogP contribution in [0.2, 0.25) is 0 Å². The van der Waals surface area contributed by atoms with Crippen molar-refractivity contribution in [3.05, 3.63) is 24.0 Å². The van der Waals surface area contributed by atoms with E-state index in [-0.39, 0.29) is 0 Å². The first-order valence-corrected chi connectivity index (χ1v) is 3.09. The van der Waals surface area contributed by atoms with Gasteiger partial charge in [-0.15, -0.1) is 0 Å². The molecule has 0 amide bonds. The Morgan fingerprint density at radius 2 is 2.40 bits per heavy atom. The van der Waals surface area contributed by atoms with Crippen LogP contribution in [0, 0.1) is 0 Å². The number of hydrogen-bond donors (Lipinski definition) is 2. The average molecular weight is 138 g/mol. The number of anilines is 1. The Bertz CT molecular complexity index is 223. The third kappa shape index (κ3) is 1.25. The van der Waals surface area contributed by atoms with Gasteiger partial charge in [-0.2, -0.15) is 0 Å². The van der Waals surface area contributed by atoms with Gasteiger partial charge in [-0.3, -0.25) is 4.98 Å². The predicted molar refractivity (Wildman–Crippen MR) is 39.3 cm³/mol. The third-order valence-corrected chi connectivity index (χ3v) is 1.34. The Morgan fingerprint density at radius 1 is 1.70 bits per heavy atom. The van der Waals surface area contributed by atoms with E-state index in [4.69, 9.17) is 10.8 Å². The van der Waals surface area contributed by atoms with Gasteiger partial charge in [0.1, 0.15) is 0 Å². The van der Waals surface area contributed by atoms with E-state index in [0.717, 1.165) is 5.56 Å². The quantitative estimate of drug-likeness (QED) is 0.601. The van der Waals surface area contributed by atoms with Crippen molar-refractivity contribution in [3.8, 4) is 0 Å². The van der Waals surface area contributed by atoms with Crippen LogP contribution < -0.4 is 5.73 Å². The van der Waals surface area contributed by atoms with Crippen LogP contribution in [-0.2, 0) is 0 Å². The zero-order valence-corrected chi connectivity index (χ0v) is 5.78. The lowest BCUT2D eigenvalue weighted by Gasteiger charge is -2.05. The summed E-state index contributed by atoms with van der Waals surface area (Å²) in [6, 6.07) is 1.71. The molecular formula is C7H10N2O. The van der Waals surface area contributed by atoms with Crippen LogP contribution in [0.4, 0.5) is 5.69 Å². The Hall–Kier alpha value is -1.09. The van der Waals surface area contributed by atoms with Crippen LogP contribution in [0.15, 0.2) is 18.5 Å². The summed E-state index contributed by atoms with van der Waals surface area (Å²) >= 11 is 0. The second kappa shape index (κ2) is 2.66. The lowest BCUT2D eigenvalue weighted by atomic mass is 10.1. The van der Waals surface area contributed by atoms with Crippen molar-refractivity contribution in [3.63, 3.8) is 0 Å². The van der Waals surface area contributed by atoms with E-state index in [1.54, 1.807) is 19.2 Å². The van der Waals surface area contributed by atoms with Gasteiger partial charge in [0.25, 0.3) is 0 Å². The zero-order valence-electron chi connectivity index (χ0n) is 5.78. The molecule has 0 aliphatic carbocycles. The fourth-order valence-corrected chi connectivity index (χ4v) is 0.798. The molecule has 0 unspecified atom stereocenters. The highest BCUT2D eigenvalue weighted by molar-refractivity contribution is 5.44. The van der Waals surface area contributed by atoms with E-state index < -0.39 is 6.10 Å². The molecular weight excluding hydrogens is 128 g/mol. The summed E-state index contributed by atoms with van der Waals surface area (Å²) in [7, 11) is 0. The number of aliphatic hydroxyl groups excluding tert-OH is 1.